The summed E-state index contributed by atoms with van der Waals surface area (Å²) in [7, 11) is 0. The number of ether oxygens (including phenoxy) is 4. The Bertz CT molecular complexity index is 1360. The van der Waals surface area contributed by atoms with Gasteiger partial charge < -0.3 is 35.1 Å². The van der Waals surface area contributed by atoms with Crippen LogP contribution in [0.2, 0.25) is 0 Å². The molecule has 0 spiro atoms. The molecule has 0 atom stereocenters. The van der Waals surface area contributed by atoms with Crippen molar-refractivity contribution in [2.75, 3.05) is 37.5 Å². The summed E-state index contributed by atoms with van der Waals surface area (Å²) in [5.41, 5.74) is 12.3. The molecule has 236 valence electrons. The molecule has 0 amide bonds. The number of anilines is 3. The van der Waals surface area contributed by atoms with Crippen LogP contribution < -0.4 is 45.7 Å². The van der Waals surface area contributed by atoms with Crippen molar-refractivity contribution >= 4 is 33.0 Å². The van der Waals surface area contributed by atoms with Gasteiger partial charge in [-0.3, -0.25) is 0 Å². The Labute approximate surface area is 298 Å². The summed E-state index contributed by atoms with van der Waals surface area (Å²) in [6, 6.07) is 32.2. The van der Waals surface area contributed by atoms with E-state index in [0.29, 0.717) is 26.4 Å². The molecule has 0 aromatic heterocycles. The van der Waals surface area contributed by atoms with Crippen LogP contribution in [-0.4, -0.2) is 32.0 Å². The van der Waals surface area contributed by atoms with Gasteiger partial charge in [-0.15, -0.1) is 5.60 Å². The number of hydrogen-bond donors (Lipinski definition) is 2. The van der Waals surface area contributed by atoms with E-state index in [1.165, 1.54) is 11.1 Å². The van der Waals surface area contributed by atoms with Crippen molar-refractivity contribution in [1.82, 2.24) is 0 Å². The number of nitrogens with two attached hydrogens (primary N) is 1. The predicted molar refractivity (Wildman–Crippen MR) is 180 cm³/mol. The first-order chi connectivity index (χ1) is 21.0. The van der Waals surface area contributed by atoms with Gasteiger partial charge in [0.15, 0.2) is 12.6 Å². The number of rotatable bonds is 4. The minimum atomic E-state index is -0.750. The fraction of sp³-hybridized carbons (Fsp3) is 0.333. The molecule has 2 heterocycles. The predicted octanol–water partition coefficient (Wildman–Crippen LogP) is 5.00. The molecule has 4 aromatic carbocycles. The minimum absolute atomic E-state index is 0. The summed E-state index contributed by atoms with van der Waals surface area (Å²) in [6.45, 7) is 11.7. The van der Waals surface area contributed by atoms with Crippen LogP contribution in [0.3, 0.4) is 0 Å². The molecule has 2 saturated heterocycles. The topological polar surface area (TPSA) is 98.0 Å². The fourth-order valence-electron chi connectivity index (χ4n) is 4.00. The fourth-order valence-corrected chi connectivity index (χ4v) is 4.27. The van der Waals surface area contributed by atoms with Gasteiger partial charge in [0.05, 0.1) is 26.4 Å². The molecule has 4 aromatic rings. The van der Waals surface area contributed by atoms with Crippen LogP contribution in [0.5, 0.6) is 0 Å². The molecule has 0 bridgehead atoms. The van der Waals surface area contributed by atoms with Crippen LogP contribution >= 0.6 is 15.9 Å². The van der Waals surface area contributed by atoms with Crippen LogP contribution in [0.4, 0.5) is 17.1 Å². The van der Waals surface area contributed by atoms with Gasteiger partial charge in [0, 0.05) is 32.7 Å². The molecular weight excluding hydrogens is 643 g/mol. The van der Waals surface area contributed by atoms with Gasteiger partial charge in [0.2, 0.25) is 0 Å². The molecule has 2 aliphatic heterocycles. The zero-order valence-corrected chi connectivity index (χ0v) is 30.8. The maximum absolute atomic E-state index is 10.1. The maximum Gasteiger partial charge on any atom is 1.00 e. The number of nitrogen functional groups attached to an aromatic ring is 1. The van der Waals surface area contributed by atoms with Gasteiger partial charge in [-0.25, -0.2) is 0 Å². The summed E-state index contributed by atoms with van der Waals surface area (Å²) in [4.78, 5) is 0. The normalized spacial score (nSPS) is 14.5. The molecule has 3 N–H and O–H groups in total. The van der Waals surface area contributed by atoms with Gasteiger partial charge in [-0.1, -0.05) is 85.2 Å². The van der Waals surface area contributed by atoms with Crippen molar-refractivity contribution in [1.29, 1.82) is 0 Å². The first-order valence-corrected chi connectivity index (χ1v) is 15.4. The third-order valence-electron chi connectivity index (χ3n) is 5.92. The van der Waals surface area contributed by atoms with Crippen LogP contribution in [0.25, 0.3) is 0 Å². The first kappa shape index (κ1) is 38.9. The quantitative estimate of drug-likeness (QED) is 0.230. The zero-order chi connectivity index (χ0) is 32.0. The Morgan fingerprint density at radius 2 is 1.09 bits per heavy atom. The Morgan fingerprint density at radius 3 is 1.49 bits per heavy atom. The summed E-state index contributed by atoms with van der Waals surface area (Å²) in [5, 5.41) is 13.5. The largest absolute Gasteiger partial charge is 1.00 e. The number of nitrogens with one attached hydrogen (secondary N) is 1. The SMILES string of the molecule is Brc1ccc(C2OCCO2)cc1.CC(C)(C)[O-].Cc1cccc(N)c1.Cc1cccc(Nc2ccc(C3OCCO3)cc2)c1.[Na+]. The number of hydrogen-bond acceptors (Lipinski definition) is 7. The Hall–Kier alpha value is -2.24. The van der Waals surface area contributed by atoms with Crippen molar-refractivity contribution < 1.29 is 53.6 Å². The third-order valence-corrected chi connectivity index (χ3v) is 6.45. The van der Waals surface area contributed by atoms with Crippen LogP contribution in [0.1, 0.15) is 55.6 Å². The zero-order valence-electron chi connectivity index (χ0n) is 27.2. The molecule has 0 radical (unpaired) electrons. The average Bonchev–Trinajstić information content (AvgIpc) is 3.69. The van der Waals surface area contributed by atoms with Crippen LogP contribution in [0.15, 0.2) is 102 Å². The van der Waals surface area contributed by atoms with E-state index in [-0.39, 0.29) is 42.1 Å². The Kier molecular flexibility index (Phi) is 17.4. The number of aryl methyl sites for hydroxylation is 2. The summed E-state index contributed by atoms with van der Waals surface area (Å²) in [6.07, 6.45) is -0.355. The summed E-state index contributed by atoms with van der Waals surface area (Å²) >= 11 is 3.37. The third kappa shape index (κ3) is 16.2. The molecule has 0 saturated carbocycles. The van der Waals surface area contributed by atoms with Crippen molar-refractivity contribution in [3.63, 3.8) is 0 Å². The molecule has 2 aliphatic rings. The van der Waals surface area contributed by atoms with Crippen LogP contribution in [-0.2, 0) is 18.9 Å². The second-order valence-electron chi connectivity index (χ2n) is 11.3. The standard InChI is InChI=1S/C16H17NO2.C9H9BrO2.C7H9N.C4H9O.Na/c1-12-3-2-4-15(11-12)17-14-7-5-13(6-8-14)16-18-9-10-19-16;10-8-3-1-7(2-4-8)9-11-5-6-12-9;1-6-3-2-4-7(8)5-6;1-4(2,3)5;/h2-8,11,16-17H,9-10H2,1H3;1-4,9H,5-6H2;2-5H,8H2,1H3;1-3H3;/q;;;-1;+1. The second kappa shape index (κ2) is 20.1. The summed E-state index contributed by atoms with van der Waals surface area (Å²) < 4.78 is 22.7. The molecule has 45 heavy (non-hydrogen) atoms. The Morgan fingerprint density at radius 1 is 0.667 bits per heavy atom. The number of benzene rings is 4. The van der Waals surface area contributed by atoms with Crippen molar-refractivity contribution in [2.24, 2.45) is 0 Å². The number of halogens is 1. The van der Waals surface area contributed by atoms with E-state index in [1.54, 1.807) is 20.8 Å². The van der Waals surface area contributed by atoms with Gasteiger partial charge in [-0.05, 0) is 73.5 Å². The molecular formula is C36H44BrN2NaO5. The molecule has 6 rings (SSSR count). The van der Waals surface area contributed by atoms with Gasteiger partial charge in [-0.2, -0.15) is 0 Å². The molecule has 0 aliphatic carbocycles. The molecule has 9 heteroatoms. The smallest absolute Gasteiger partial charge is 0.850 e. The first-order valence-electron chi connectivity index (χ1n) is 14.6. The van der Waals surface area contributed by atoms with Crippen molar-refractivity contribution in [3.8, 4) is 0 Å². The van der Waals surface area contributed by atoms with Gasteiger partial charge >= 0.3 is 29.6 Å². The van der Waals surface area contributed by atoms with E-state index in [9.17, 15) is 5.11 Å². The second-order valence-corrected chi connectivity index (χ2v) is 12.3. The molecule has 0 unspecified atom stereocenters. The van der Waals surface area contributed by atoms with E-state index in [4.69, 9.17) is 24.7 Å². The molecule has 7 nitrogen and oxygen atoms in total. The average molecular weight is 688 g/mol. The summed E-state index contributed by atoms with van der Waals surface area (Å²) in [5.74, 6) is 0. The van der Waals surface area contributed by atoms with Crippen LogP contribution in [0, 0.1) is 13.8 Å². The van der Waals surface area contributed by atoms with Crippen molar-refractivity contribution in [2.45, 2.75) is 52.8 Å². The minimum Gasteiger partial charge on any atom is -0.850 e. The Balaban J connectivity index is 0.000000233. The van der Waals surface area contributed by atoms with E-state index < -0.39 is 5.60 Å². The van der Waals surface area contributed by atoms with E-state index in [2.05, 4.69) is 46.4 Å². The monoisotopic (exact) mass is 686 g/mol. The van der Waals surface area contributed by atoms with Crippen molar-refractivity contribution in [3.05, 3.63) is 124 Å². The maximum atomic E-state index is 10.1. The van der Waals surface area contributed by atoms with Gasteiger partial charge in [0.1, 0.15) is 0 Å². The van der Waals surface area contributed by atoms with E-state index >= 15 is 0 Å². The molecule has 2 fully saturated rings. The van der Waals surface area contributed by atoms with E-state index in [1.807, 2.05) is 85.8 Å². The van der Waals surface area contributed by atoms with E-state index in [0.717, 1.165) is 32.7 Å². The van der Waals surface area contributed by atoms with Gasteiger partial charge in [0.25, 0.3) is 0 Å².